The van der Waals surface area contributed by atoms with Gasteiger partial charge in [0.15, 0.2) is 5.78 Å². The molecule has 0 spiro atoms. The number of hydrogen-bond donors (Lipinski definition) is 0. The van der Waals surface area contributed by atoms with Crippen molar-refractivity contribution < 1.29 is 4.79 Å². The molecular formula is C21H16ClN5O. The minimum absolute atomic E-state index is 0.0345. The molecular weight excluding hydrogens is 374 g/mol. The highest BCUT2D eigenvalue weighted by Crippen LogP contribution is 2.32. The quantitative estimate of drug-likeness (QED) is 0.371. The molecule has 4 rings (SSSR count). The van der Waals surface area contributed by atoms with Crippen molar-refractivity contribution in [3.8, 4) is 17.2 Å². The molecule has 0 fully saturated rings. The lowest BCUT2D eigenvalue weighted by atomic mass is 10.0. The summed E-state index contributed by atoms with van der Waals surface area (Å²) in [7, 11) is 0. The first kappa shape index (κ1) is 18.1. The Morgan fingerprint density at radius 1 is 1.14 bits per heavy atom. The molecule has 0 saturated carbocycles. The van der Waals surface area contributed by atoms with E-state index in [4.69, 9.17) is 11.6 Å². The molecule has 0 aliphatic heterocycles. The second-order valence-corrected chi connectivity index (χ2v) is 6.98. The number of pyridine rings is 3. The number of ketones is 1. The van der Waals surface area contributed by atoms with E-state index >= 15 is 0 Å². The van der Waals surface area contributed by atoms with Gasteiger partial charge < -0.3 is 0 Å². The average molecular weight is 390 g/mol. The molecule has 7 heteroatoms. The van der Waals surface area contributed by atoms with Gasteiger partial charge in [0.2, 0.25) is 0 Å². The van der Waals surface area contributed by atoms with Crippen molar-refractivity contribution in [2.45, 2.75) is 26.7 Å². The Balaban J connectivity index is 1.99. The molecule has 0 amide bonds. The zero-order chi connectivity index (χ0) is 19.8. The summed E-state index contributed by atoms with van der Waals surface area (Å²) >= 11 is 6.07. The molecule has 0 saturated heterocycles. The van der Waals surface area contributed by atoms with Gasteiger partial charge in [-0.25, -0.2) is 9.97 Å². The lowest BCUT2D eigenvalue weighted by Gasteiger charge is -2.12. The van der Waals surface area contributed by atoms with Gasteiger partial charge in [-0.3, -0.25) is 14.2 Å². The maximum Gasteiger partial charge on any atom is 0.181 e. The lowest BCUT2D eigenvalue weighted by molar-refractivity contribution is 0.0977. The second-order valence-electron chi connectivity index (χ2n) is 6.60. The monoisotopic (exact) mass is 389 g/mol. The number of fused-ring (bicyclic) bond motifs is 3. The fraction of sp³-hybridized carbons (Fsp3) is 0.190. The van der Waals surface area contributed by atoms with Crippen molar-refractivity contribution >= 4 is 33.9 Å². The Morgan fingerprint density at radius 3 is 2.68 bits per heavy atom. The summed E-state index contributed by atoms with van der Waals surface area (Å²) < 4.78 is 1.77. The minimum atomic E-state index is 0.0345. The fourth-order valence-corrected chi connectivity index (χ4v) is 3.52. The molecule has 4 aromatic rings. The number of nitriles is 1. The molecule has 0 atom stereocenters. The summed E-state index contributed by atoms with van der Waals surface area (Å²) in [5.74, 6) is 0.0345. The molecule has 0 aliphatic carbocycles. The first-order valence-corrected chi connectivity index (χ1v) is 9.27. The maximum atomic E-state index is 12.2. The van der Waals surface area contributed by atoms with Crippen LogP contribution in [0.5, 0.6) is 0 Å². The molecule has 4 heterocycles. The molecule has 28 heavy (non-hydrogen) atoms. The summed E-state index contributed by atoms with van der Waals surface area (Å²) in [6, 6.07) is 7.65. The number of halogens is 1. The van der Waals surface area contributed by atoms with Crippen LogP contribution in [0, 0.1) is 18.3 Å². The maximum absolute atomic E-state index is 12.2. The molecule has 4 aromatic heterocycles. The molecule has 0 bridgehead atoms. The average Bonchev–Trinajstić information content (AvgIpc) is 3.12. The van der Waals surface area contributed by atoms with E-state index in [2.05, 4.69) is 21.0 Å². The highest BCUT2D eigenvalue weighted by atomic mass is 35.5. The van der Waals surface area contributed by atoms with Crippen molar-refractivity contribution in [3.63, 3.8) is 0 Å². The summed E-state index contributed by atoms with van der Waals surface area (Å²) in [6.07, 6.45) is 6.17. The third-order valence-corrected chi connectivity index (χ3v) is 4.91. The van der Waals surface area contributed by atoms with Crippen molar-refractivity contribution in [1.29, 1.82) is 5.26 Å². The molecule has 0 aromatic carbocycles. The van der Waals surface area contributed by atoms with Gasteiger partial charge in [-0.2, -0.15) is 5.26 Å². The van der Waals surface area contributed by atoms with Gasteiger partial charge in [-0.1, -0.05) is 18.5 Å². The number of Topliss-reactive ketones (excluding diaryl/α,β-unsaturated/α-hetero) is 1. The van der Waals surface area contributed by atoms with Crippen LogP contribution < -0.4 is 0 Å². The van der Waals surface area contributed by atoms with Crippen LogP contribution in [0.3, 0.4) is 0 Å². The van der Waals surface area contributed by atoms with Gasteiger partial charge in [0, 0.05) is 41.4 Å². The number of rotatable bonds is 4. The Bertz CT molecular complexity index is 1290. The van der Waals surface area contributed by atoms with Crippen molar-refractivity contribution in [1.82, 2.24) is 19.4 Å². The van der Waals surface area contributed by atoms with E-state index in [0.29, 0.717) is 28.6 Å². The highest BCUT2D eigenvalue weighted by molar-refractivity contribution is 6.30. The summed E-state index contributed by atoms with van der Waals surface area (Å²) in [6.45, 7) is 3.91. The van der Waals surface area contributed by atoms with Gasteiger partial charge in [-0.15, -0.1) is 0 Å². The number of hydrogen-bond acceptors (Lipinski definition) is 5. The zero-order valence-corrected chi connectivity index (χ0v) is 16.2. The van der Waals surface area contributed by atoms with Gasteiger partial charge in [-0.05, 0) is 31.0 Å². The van der Waals surface area contributed by atoms with E-state index in [-0.39, 0.29) is 5.78 Å². The van der Waals surface area contributed by atoms with Crippen molar-refractivity contribution in [2.75, 3.05) is 0 Å². The SMILES string of the molecule is CCCC(=O)c1cc(C)c(-c2cc3cnc(Cl)cc3n3c(C#N)cnc23)cn1. The number of aromatic nitrogens is 4. The number of carbonyl (C=O) groups excluding carboxylic acids is 1. The molecule has 0 unspecified atom stereocenters. The molecule has 0 radical (unpaired) electrons. The first-order chi connectivity index (χ1) is 13.5. The van der Waals surface area contributed by atoms with Crippen LogP contribution in [0.4, 0.5) is 0 Å². The van der Waals surface area contributed by atoms with E-state index in [9.17, 15) is 10.1 Å². The highest BCUT2D eigenvalue weighted by Gasteiger charge is 2.17. The zero-order valence-electron chi connectivity index (χ0n) is 15.4. The van der Waals surface area contributed by atoms with Crippen LogP contribution >= 0.6 is 11.6 Å². The standard InChI is InChI=1S/C21H16ClN5O/c1-3-4-19(28)17-5-12(2)16(11-24-17)15-6-13-9-25-20(22)7-18(13)27-14(8-23)10-26-21(15)27/h5-7,9-11H,3-4H2,1-2H3. The predicted octanol–water partition coefficient (Wildman–Crippen LogP) is 4.76. The van der Waals surface area contributed by atoms with Gasteiger partial charge in [0.25, 0.3) is 0 Å². The van der Waals surface area contributed by atoms with E-state index in [1.54, 1.807) is 22.9 Å². The fourth-order valence-electron chi connectivity index (χ4n) is 3.36. The summed E-state index contributed by atoms with van der Waals surface area (Å²) in [4.78, 5) is 25.2. The van der Waals surface area contributed by atoms with Crippen LogP contribution in [-0.2, 0) is 0 Å². The third-order valence-electron chi connectivity index (χ3n) is 4.70. The minimum Gasteiger partial charge on any atom is -0.292 e. The normalized spacial score (nSPS) is 11.1. The van der Waals surface area contributed by atoms with Crippen molar-refractivity contribution in [2.24, 2.45) is 0 Å². The summed E-state index contributed by atoms with van der Waals surface area (Å²) in [5.41, 5.74) is 4.85. The van der Waals surface area contributed by atoms with Crippen LogP contribution in [-0.4, -0.2) is 25.1 Å². The van der Waals surface area contributed by atoms with Crippen LogP contribution in [0.25, 0.3) is 27.7 Å². The Labute approximate surface area is 166 Å². The number of nitrogens with zero attached hydrogens (tertiary/aromatic N) is 5. The molecule has 138 valence electrons. The third kappa shape index (κ3) is 2.90. The smallest absolute Gasteiger partial charge is 0.181 e. The summed E-state index contributed by atoms with van der Waals surface area (Å²) in [5, 5.41) is 10.7. The van der Waals surface area contributed by atoms with Crippen LogP contribution in [0.2, 0.25) is 5.15 Å². The van der Waals surface area contributed by atoms with E-state index in [1.165, 1.54) is 6.20 Å². The van der Waals surface area contributed by atoms with Gasteiger partial charge in [0.1, 0.15) is 28.3 Å². The first-order valence-electron chi connectivity index (χ1n) is 8.89. The lowest BCUT2D eigenvalue weighted by Crippen LogP contribution is -2.03. The van der Waals surface area contributed by atoms with E-state index in [0.717, 1.165) is 34.0 Å². The van der Waals surface area contributed by atoms with Crippen molar-refractivity contribution in [3.05, 3.63) is 58.9 Å². The molecule has 6 nitrogen and oxygen atoms in total. The van der Waals surface area contributed by atoms with E-state index in [1.807, 2.05) is 26.0 Å². The number of aryl methyl sites for hydroxylation is 1. The van der Waals surface area contributed by atoms with Gasteiger partial charge >= 0.3 is 0 Å². The predicted molar refractivity (Wildman–Crippen MR) is 107 cm³/mol. The largest absolute Gasteiger partial charge is 0.292 e. The van der Waals surface area contributed by atoms with E-state index < -0.39 is 0 Å². The number of carbonyl (C=O) groups is 1. The van der Waals surface area contributed by atoms with Crippen LogP contribution in [0.15, 0.2) is 36.8 Å². The molecule has 0 aliphatic rings. The Hall–Kier alpha value is -3.30. The van der Waals surface area contributed by atoms with Gasteiger partial charge in [0.05, 0.1) is 11.7 Å². The second kappa shape index (κ2) is 7.02. The Kier molecular flexibility index (Phi) is 4.54. The topological polar surface area (TPSA) is 83.9 Å². The number of imidazole rings is 1. The van der Waals surface area contributed by atoms with Crippen LogP contribution in [0.1, 0.15) is 41.5 Å². The Morgan fingerprint density at radius 2 is 1.96 bits per heavy atom. The molecule has 0 N–H and O–H groups in total.